The Morgan fingerprint density at radius 2 is 1.95 bits per heavy atom. The van der Waals surface area contributed by atoms with Crippen LogP contribution in [0, 0.1) is 5.92 Å². The number of halogens is 1. The number of fused-ring (bicyclic) bond motifs is 1. The molecule has 1 atom stereocenters. The van der Waals surface area contributed by atoms with Gasteiger partial charge < -0.3 is 10.3 Å². The van der Waals surface area contributed by atoms with Crippen molar-refractivity contribution < 1.29 is 0 Å². The number of nitrogens with zero attached hydrogens (tertiary/aromatic N) is 1. The molecule has 0 amide bonds. The fourth-order valence-corrected chi connectivity index (χ4v) is 2.99. The molecule has 2 aromatic rings. The molecule has 0 bridgehead atoms. The number of hydrogen-bond acceptors (Lipinski definition) is 1. The second-order valence-electron chi connectivity index (χ2n) is 5.83. The van der Waals surface area contributed by atoms with Gasteiger partial charge in [0.25, 0.3) is 0 Å². The van der Waals surface area contributed by atoms with Crippen molar-refractivity contribution in [2.24, 2.45) is 11.7 Å². The lowest BCUT2D eigenvalue weighted by Gasteiger charge is -2.14. The minimum atomic E-state index is 0.179. The van der Waals surface area contributed by atoms with Gasteiger partial charge in [-0.25, -0.2) is 0 Å². The van der Waals surface area contributed by atoms with E-state index in [2.05, 4.69) is 43.7 Å². The van der Waals surface area contributed by atoms with Gasteiger partial charge in [-0.1, -0.05) is 44.4 Å². The van der Waals surface area contributed by atoms with Gasteiger partial charge in [-0.3, -0.25) is 0 Å². The van der Waals surface area contributed by atoms with E-state index in [4.69, 9.17) is 17.3 Å². The van der Waals surface area contributed by atoms with E-state index in [1.807, 2.05) is 6.07 Å². The average molecular weight is 293 g/mol. The first kappa shape index (κ1) is 15.4. The quantitative estimate of drug-likeness (QED) is 0.827. The van der Waals surface area contributed by atoms with E-state index in [-0.39, 0.29) is 6.04 Å². The van der Waals surface area contributed by atoms with Crippen molar-refractivity contribution in [3.05, 3.63) is 35.0 Å². The lowest BCUT2D eigenvalue weighted by atomic mass is 10.0. The number of aromatic nitrogens is 1. The largest absolute Gasteiger partial charge is 0.347 e. The number of nitrogens with two attached hydrogens (primary N) is 1. The maximum Gasteiger partial charge on any atom is 0.0498 e. The maximum atomic E-state index is 6.17. The van der Waals surface area contributed by atoms with Gasteiger partial charge in [0.2, 0.25) is 0 Å². The average Bonchev–Trinajstić information content (AvgIpc) is 2.72. The van der Waals surface area contributed by atoms with Crippen LogP contribution in [0.2, 0.25) is 5.02 Å². The predicted molar refractivity (Wildman–Crippen MR) is 88.4 cm³/mol. The number of hydrogen-bond donors (Lipinski definition) is 1. The molecule has 0 radical (unpaired) electrons. The van der Waals surface area contributed by atoms with Crippen molar-refractivity contribution in [2.75, 3.05) is 0 Å². The third-order valence-electron chi connectivity index (χ3n) is 4.08. The third kappa shape index (κ3) is 3.36. The van der Waals surface area contributed by atoms with E-state index in [1.165, 1.54) is 29.3 Å². The van der Waals surface area contributed by atoms with E-state index in [0.717, 1.165) is 18.0 Å². The van der Waals surface area contributed by atoms with Crippen LogP contribution in [0.25, 0.3) is 10.9 Å². The van der Waals surface area contributed by atoms with Gasteiger partial charge in [0, 0.05) is 34.7 Å². The molecule has 1 aromatic heterocycles. The molecule has 3 heteroatoms. The van der Waals surface area contributed by atoms with E-state index >= 15 is 0 Å². The molecule has 110 valence electrons. The van der Waals surface area contributed by atoms with Crippen LogP contribution in [0.1, 0.15) is 39.2 Å². The Bertz CT molecular complexity index is 568. The summed E-state index contributed by atoms with van der Waals surface area (Å²) in [6.07, 6.45) is 5.59. The highest BCUT2D eigenvalue weighted by atomic mass is 35.5. The lowest BCUT2D eigenvalue weighted by Crippen LogP contribution is -2.17. The number of benzene rings is 1. The lowest BCUT2D eigenvalue weighted by molar-refractivity contribution is 0.425. The summed E-state index contributed by atoms with van der Waals surface area (Å²) in [6.45, 7) is 7.63. The molecule has 1 unspecified atom stereocenters. The van der Waals surface area contributed by atoms with Crippen LogP contribution in [-0.4, -0.2) is 10.6 Å². The summed E-state index contributed by atoms with van der Waals surface area (Å²) in [5, 5.41) is 2.09. The molecule has 0 saturated carbocycles. The molecule has 0 saturated heterocycles. The molecule has 0 aliphatic carbocycles. The fraction of sp³-hybridized carbons (Fsp3) is 0.529. The first-order valence-electron chi connectivity index (χ1n) is 7.58. The molecule has 2 rings (SSSR count). The maximum absolute atomic E-state index is 6.17. The van der Waals surface area contributed by atoms with Crippen molar-refractivity contribution in [2.45, 2.75) is 52.6 Å². The molecule has 2 N–H and O–H groups in total. The molecule has 20 heavy (non-hydrogen) atoms. The topological polar surface area (TPSA) is 30.9 Å². The molecule has 0 spiro atoms. The SMILES string of the molecule is CCC(CC)Cn1cc(CC(C)N)c2ccc(Cl)cc21. The monoisotopic (exact) mass is 292 g/mol. The molecular weight excluding hydrogens is 268 g/mol. The van der Waals surface area contributed by atoms with Crippen LogP contribution < -0.4 is 5.73 Å². The summed E-state index contributed by atoms with van der Waals surface area (Å²) >= 11 is 6.17. The van der Waals surface area contributed by atoms with Gasteiger partial charge in [-0.15, -0.1) is 0 Å². The van der Waals surface area contributed by atoms with Crippen LogP contribution in [0.15, 0.2) is 24.4 Å². The Labute approximate surface area is 126 Å². The van der Waals surface area contributed by atoms with Gasteiger partial charge >= 0.3 is 0 Å². The zero-order chi connectivity index (χ0) is 14.7. The normalized spacial score (nSPS) is 13.3. The number of rotatable bonds is 6. The van der Waals surface area contributed by atoms with Crippen molar-refractivity contribution in [1.29, 1.82) is 0 Å². The van der Waals surface area contributed by atoms with Crippen molar-refractivity contribution in [3.8, 4) is 0 Å². The minimum Gasteiger partial charge on any atom is -0.347 e. The molecule has 0 aliphatic rings. The second kappa shape index (κ2) is 6.64. The Morgan fingerprint density at radius 1 is 1.25 bits per heavy atom. The van der Waals surface area contributed by atoms with Gasteiger partial charge in [0.05, 0.1) is 0 Å². The zero-order valence-corrected chi connectivity index (χ0v) is 13.5. The van der Waals surface area contributed by atoms with Crippen molar-refractivity contribution in [1.82, 2.24) is 4.57 Å². The van der Waals surface area contributed by atoms with Crippen LogP contribution in [-0.2, 0) is 13.0 Å². The Balaban J connectivity index is 2.44. The molecule has 2 nitrogen and oxygen atoms in total. The minimum absolute atomic E-state index is 0.179. The Morgan fingerprint density at radius 3 is 2.55 bits per heavy atom. The Kier molecular flexibility index (Phi) is 5.11. The highest BCUT2D eigenvalue weighted by Crippen LogP contribution is 2.27. The van der Waals surface area contributed by atoms with E-state index in [0.29, 0.717) is 5.92 Å². The summed E-state index contributed by atoms with van der Waals surface area (Å²) in [6, 6.07) is 6.34. The highest BCUT2D eigenvalue weighted by Gasteiger charge is 2.13. The fourth-order valence-electron chi connectivity index (χ4n) is 2.83. The zero-order valence-electron chi connectivity index (χ0n) is 12.7. The first-order chi connectivity index (χ1) is 9.55. The first-order valence-corrected chi connectivity index (χ1v) is 7.95. The summed E-state index contributed by atoms with van der Waals surface area (Å²) < 4.78 is 2.36. The molecule has 0 aliphatic heterocycles. The van der Waals surface area contributed by atoms with Gasteiger partial charge in [-0.05, 0) is 37.0 Å². The predicted octanol–water partition coefficient (Wildman–Crippen LogP) is 4.62. The van der Waals surface area contributed by atoms with Crippen LogP contribution in [0.3, 0.4) is 0 Å². The van der Waals surface area contributed by atoms with Gasteiger partial charge in [0.1, 0.15) is 0 Å². The van der Waals surface area contributed by atoms with Crippen molar-refractivity contribution >= 4 is 22.5 Å². The van der Waals surface area contributed by atoms with Crippen molar-refractivity contribution in [3.63, 3.8) is 0 Å². The van der Waals surface area contributed by atoms with E-state index in [9.17, 15) is 0 Å². The molecule has 1 heterocycles. The van der Waals surface area contributed by atoms with Crippen LogP contribution in [0.5, 0.6) is 0 Å². The van der Waals surface area contributed by atoms with Crippen LogP contribution >= 0.6 is 11.6 Å². The van der Waals surface area contributed by atoms with E-state index < -0.39 is 0 Å². The summed E-state index contributed by atoms with van der Waals surface area (Å²) in [5.41, 5.74) is 8.54. The Hall–Kier alpha value is -0.990. The highest BCUT2D eigenvalue weighted by molar-refractivity contribution is 6.31. The van der Waals surface area contributed by atoms with Gasteiger partial charge in [0.15, 0.2) is 0 Å². The van der Waals surface area contributed by atoms with Crippen LogP contribution in [0.4, 0.5) is 0 Å². The standard InChI is InChI=1S/C17H25ClN2/c1-4-13(5-2)10-20-11-14(8-12(3)19)16-7-6-15(18)9-17(16)20/h6-7,9,11-13H,4-5,8,10,19H2,1-3H3. The van der Waals surface area contributed by atoms with E-state index in [1.54, 1.807) is 0 Å². The van der Waals surface area contributed by atoms with Gasteiger partial charge in [-0.2, -0.15) is 0 Å². The second-order valence-corrected chi connectivity index (χ2v) is 6.27. The molecule has 1 aromatic carbocycles. The summed E-state index contributed by atoms with van der Waals surface area (Å²) in [5.74, 6) is 0.715. The summed E-state index contributed by atoms with van der Waals surface area (Å²) in [4.78, 5) is 0. The smallest absolute Gasteiger partial charge is 0.0498 e. The third-order valence-corrected chi connectivity index (χ3v) is 4.31. The summed E-state index contributed by atoms with van der Waals surface area (Å²) in [7, 11) is 0. The molecule has 0 fully saturated rings. The molecular formula is C17H25ClN2.